The van der Waals surface area contributed by atoms with Gasteiger partial charge in [-0.05, 0) is 36.8 Å². The second-order valence-corrected chi connectivity index (χ2v) is 7.29. The second kappa shape index (κ2) is 8.29. The average molecular weight is 429 g/mol. The highest BCUT2D eigenvalue weighted by Crippen LogP contribution is 2.30. The van der Waals surface area contributed by atoms with Crippen LogP contribution in [0.3, 0.4) is 0 Å². The Labute approximate surface area is 164 Å². The summed E-state index contributed by atoms with van der Waals surface area (Å²) >= 11 is 0. The molecule has 0 bridgehead atoms. The van der Waals surface area contributed by atoms with Crippen LogP contribution in [0.4, 0.5) is 17.6 Å². The summed E-state index contributed by atoms with van der Waals surface area (Å²) < 4.78 is 74.3. The number of hydrogen-bond acceptors (Lipinski definition) is 5. The highest BCUT2D eigenvalue weighted by atomic mass is 32.2. The van der Waals surface area contributed by atoms with Gasteiger partial charge in [-0.1, -0.05) is 0 Å². The van der Waals surface area contributed by atoms with E-state index in [4.69, 9.17) is 0 Å². The molecule has 1 aliphatic heterocycles. The summed E-state index contributed by atoms with van der Waals surface area (Å²) in [4.78, 5) is 16.0. The Morgan fingerprint density at radius 2 is 2.00 bits per heavy atom. The molecule has 1 amide bonds. The molecule has 2 aromatic rings. The fourth-order valence-electron chi connectivity index (χ4n) is 2.90. The summed E-state index contributed by atoms with van der Waals surface area (Å²) in [5.74, 6) is -1.24. The van der Waals surface area contributed by atoms with Crippen molar-refractivity contribution in [1.29, 1.82) is 0 Å². The zero-order valence-electron chi connectivity index (χ0n) is 14.8. The minimum absolute atomic E-state index is 0.0330. The minimum atomic E-state index is -4.51. The molecule has 0 radical (unpaired) electrons. The zero-order chi connectivity index (χ0) is 21.2. The van der Waals surface area contributed by atoms with E-state index in [2.05, 4.69) is 15.6 Å². The van der Waals surface area contributed by atoms with Gasteiger partial charge in [-0.25, -0.2) is 4.39 Å². The Hall–Kier alpha value is -2.79. The van der Waals surface area contributed by atoms with E-state index >= 15 is 0 Å². The van der Waals surface area contributed by atoms with E-state index in [1.165, 1.54) is 18.2 Å². The van der Waals surface area contributed by atoms with Crippen molar-refractivity contribution in [2.75, 3.05) is 6.54 Å². The molecule has 29 heavy (non-hydrogen) atoms. The fourth-order valence-corrected chi connectivity index (χ4v) is 3.55. The first-order valence-electron chi connectivity index (χ1n) is 8.45. The first-order chi connectivity index (χ1) is 13.7. The lowest BCUT2D eigenvalue weighted by Gasteiger charge is -2.12. The van der Waals surface area contributed by atoms with Gasteiger partial charge in [0.2, 0.25) is 16.2 Å². The molecular weight excluding hydrogens is 414 g/mol. The summed E-state index contributed by atoms with van der Waals surface area (Å²) in [7, 11) is -2.50. The third kappa shape index (κ3) is 4.80. The van der Waals surface area contributed by atoms with Crippen molar-refractivity contribution in [3.63, 3.8) is 0 Å². The number of halogens is 4. The smallest absolute Gasteiger partial charge is 0.350 e. The van der Waals surface area contributed by atoms with Crippen LogP contribution >= 0.6 is 0 Å². The summed E-state index contributed by atoms with van der Waals surface area (Å²) in [5, 5.41) is 5.23. The predicted molar refractivity (Wildman–Crippen MR) is 96.8 cm³/mol. The number of rotatable bonds is 4. The van der Waals surface area contributed by atoms with Gasteiger partial charge in [0.15, 0.2) is 0 Å². The van der Waals surface area contributed by atoms with Gasteiger partial charge in [0.05, 0.1) is 16.1 Å². The van der Waals surface area contributed by atoms with E-state index in [1.54, 1.807) is 0 Å². The molecule has 1 fully saturated rings. The SMILES string of the molecule is O=C(NCc1cc(-c2ccc(C(F)(F)F)cn2)ccc1F)C1NCCC1=S(=O)=O. The quantitative estimate of drug-likeness (QED) is 0.573. The van der Waals surface area contributed by atoms with Gasteiger partial charge in [0, 0.05) is 30.4 Å². The lowest BCUT2D eigenvalue weighted by molar-refractivity contribution is -0.137. The Balaban J connectivity index is 1.76. The molecule has 3 rings (SSSR count). The molecule has 1 saturated heterocycles. The number of alkyl halides is 3. The highest BCUT2D eigenvalue weighted by Gasteiger charge is 2.31. The number of aromatic nitrogens is 1. The van der Waals surface area contributed by atoms with E-state index < -0.39 is 39.8 Å². The van der Waals surface area contributed by atoms with Crippen molar-refractivity contribution in [3.05, 3.63) is 53.5 Å². The number of benzene rings is 1. The molecule has 2 N–H and O–H groups in total. The monoisotopic (exact) mass is 429 g/mol. The zero-order valence-corrected chi connectivity index (χ0v) is 15.6. The van der Waals surface area contributed by atoms with Crippen LogP contribution in [0.1, 0.15) is 17.5 Å². The number of nitrogens with zero attached hydrogens (tertiary/aromatic N) is 1. The molecule has 6 nitrogen and oxygen atoms in total. The average Bonchev–Trinajstić information content (AvgIpc) is 3.17. The Morgan fingerprint density at radius 3 is 2.62 bits per heavy atom. The number of pyridine rings is 1. The maximum atomic E-state index is 14.1. The van der Waals surface area contributed by atoms with Crippen LogP contribution in [0, 0.1) is 5.82 Å². The van der Waals surface area contributed by atoms with E-state index in [0.29, 0.717) is 18.3 Å². The van der Waals surface area contributed by atoms with Crippen LogP contribution in [0.2, 0.25) is 0 Å². The van der Waals surface area contributed by atoms with E-state index in [-0.39, 0.29) is 29.1 Å². The van der Waals surface area contributed by atoms with Gasteiger partial charge in [0.25, 0.3) is 0 Å². The summed E-state index contributed by atoms with van der Waals surface area (Å²) in [6.07, 6.45) is -3.61. The molecule has 1 aromatic carbocycles. The summed E-state index contributed by atoms with van der Waals surface area (Å²) in [6, 6.07) is 4.89. The van der Waals surface area contributed by atoms with Crippen molar-refractivity contribution in [3.8, 4) is 11.3 Å². The van der Waals surface area contributed by atoms with Gasteiger partial charge in [-0.15, -0.1) is 0 Å². The maximum Gasteiger partial charge on any atom is 0.417 e. The Bertz CT molecular complexity index is 1060. The first-order valence-corrected chi connectivity index (χ1v) is 9.52. The Morgan fingerprint density at radius 1 is 1.24 bits per heavy atom. The van der Waals surface area contributed by atoms with Crippen molar-refractivity contribution in [2.45, 2.75) is 25.2 Å². The topological polar surface area (TPSA) is 88.2 Å². The molecule has 1 aromatic heterocycles. The summed E-state index contributed by atoms with van der Waals surface area (Å²) in [5.41, 5.74) is -0.236. The molecule has 0 spiro atoms. The van der Waals surface area contributed by atoms with Crippen LogP contribution in [0.25, 0.3) is 11.3 Å². The van der Waals surface area contributed by atoms with Crippen LogP contribution in [-0.2, 0) is 27.8 Å². The van der Waals surface area contributed by atoms with E-state index in [9.17, 15) is 30.8 Å². The molecule has 2 heterocycles. The molecule has 0 aliphatic carbocycles. The minimum Gasteiger partial charge on any atom is -0.350 e. The summed E-state index contributed by atoms with van der Waals surface area (Å²) in [6.45, 7) is 0.112. The number of hydrogen-bond donors (Lipinski definition) is 2. The molecule has 154 valence electrons. The number of carbonyl (C=O) groups excluding carboxylic acids is 1. The Kier molecular flexibility index (Phi) is 5.99. The molecule has 1 aliphatic rings. The lowest BCUT2D eigenvalue weighted by Crippen LogP contribution is -2.44. The van der Waals surface area contributed by atoms with Gasteiger partial charge in [-0.3, -0.25) is 9.78 Å². The standard InChI is InChI=1S/C18H15F4N3O3S/c19-13-3-1-10(14-4-2-12(9-24-14)18(20,21)22)7-11(13)8-25-17(26)16-15(29(27)28)5-6-23-16/h1-4,7,9,16,23H,5-6,8H2,(H,25,26). The van der Waals surface area contributed by atoms with Crippen molar-refractivity contribution < 1.29 is 30.8 Å². The molecule has 11 heteroatoms. The highest BCUT2D eigenvalue weighted by molar-refractivity contribution is 7.73. The molecule has 0 saturated carbocycles. The van der Waals surface area contributed by atoms with Crippen LogP contribution in [-0.4, -0.2) is 36.8 Å². The van der Waals surface area contributed by atoms with Gasteiger partial charge >= 0.3 is 6.18 Å². The fraction of sp³-hybridized carbons (Fsp3) is 0.278. The van der Waals surface area contributed by atoms with Crippen molar-refractivity contribution in [1.82, 2.24) is 15.6 Å². The third-order valence-electron chi connectivity index (χ3n) is 4.40. The lowest BCUT2D eigenvalue weighted by atomic mass is 10.1. The largest absolute Gasteiger partial charge is 0.417 e. The normalized spacial score (nSPS) is 16.7. The van der Waals surface area contributed by atoms with Gasteiger partial charge in [0.1, 0.15) is 11.9 Å². The number of amides is 1. The van der Waals surface area contributed by atoms with E-state index in [1.807, 2.05) is 0 Å². The molecule has 1 unspecified atom stereocenters. The van der Waals surface area contributed by atoms with Gasteiger partial charge < -0.3 is 10.6 Å². The first kappa shape index (κ1) is 20.9. The third-order valence-corrected chi connectivity index (χ3v) is 5.27. The maximum absolute atomic E-state index is 14.1. The van der Waals surface area contributed by atoms with Crippen molar-refractivity contribution >= 4 is 21.1 Å². The van der Waals surface area contributed by atoms with Crippen LogP contribution in [0.5, 0.6) is 0 Å². The molecular formula is C18H15F4N3O3S. The van der Waals surface area contributed by atoms with Gasteiger partial charge in [-0.2, -0.15) is 21.6 Å². The van der Waals surface area contributed by atoms with Crippen LogP contribution in [0.15, 0.2) is 36.5 Å². The predicted octanol–water partition coefficient (Wildman–Crippen LogP) is 1.94. The number of carbonyl (C=O) groups is 1. The second-order valence-electron chi connectivity index (χ2n) is 6.29. The van der Waals surface area contributed by atoms with Crippen LogP contribution < -0.4 is 10.6 Å². The number of nitrogens with one attached hydrogen (secondary N) is 2. The van der Waals surface area contributed by atoms with Crippen molar-refractivity contribution in [2.24, 2.45) is 0 Å². The molecule has 1 atom stereocenters. The van der Waals surface area contributed by atoms with E-state index in [0.717, 1.165) is 12.1 Å².